The van der Waals surface area contributed by atoms with Crippen LogP contribution in [0.4, 0.5) is 10.7 Å². The lowest BCUT2D eigenvalue weighted by atomic mass is 10.3. The highest BCUT2D eigenvalue weighted by Gasteiger charge is 2.24. The van der Waals surface area contributed by atoms with Gasteiger partial charge in [0.05, 0.1) is 6.10 Å². The molecule has 1 rings (SSSR count). The van der Waals surface area contributed by atoms with Gasteiger partial charge in [-0.15, -0.1) is 17.9 Å². The molecule has 0 fully saturated rings. The number of amides is 1. The number of ether oxygens (including phenoxy) is 1. The largest absolute Gasteiger partial charge is 0.486 e. The molecule has 0 saturated carbocycles. The lowest BCUT2D eigenvalue weighted by Gasteiger charge is -2.18. The summed E-state index contributed by atoms with van der Waals surface area (Å²) >= 11 is 1.35. The van der Waals surface area contributed by atoms with Gasteiger partial charge in [0.15, 0.2) is 5.75 Å². The Labute approximate surface area is 124 Å². The Morgan fingerprint density at radius 3 is 2.75 bits per heavy atom. The monoisotopic (exact) mass is 297 g/mol. The fraction of sp³-hybridized carbons (Fsp3) is 0.500. The third-order valence-corrected chi connectivity index (χ3v) is 3.97. The zero-order valence-electron chi connectivity index (χ0n) is 12.5. The van der Waals surface area contributed by atoms with Crippen molar-refractivity contribution in [3.05, 3.63) is 17.5 Å². The number of nitrogens with zero attached hydrogens (tertiary/aromatic N) is 1. The van der Waals surface area contributed by atoms with Crippen LogP contribution in [0.5, 0.6) is 5.75 Å². The summed E-state index contributed by atoms with van der Waals surface area (Å²) in [6.07, 6.45) is 1.63. The molecule has 0 aliphatic carbocycles. The van der Waals surface area contributed by atoms with Crippen molar-refractivity contribution in [1.82, 2.24) is 5.32 Å². The van der Waals surface area contributed by atoms with Gasteiger partial charge in [0.25, 0.3) is 5.91 Å². The summed E-state index contributed by atoms with van der Waals surface area (Å²) in [4.78, 5) is 14.6. The number of rotatable bonds is 7. The maximum atomic E-state index is 12.1. The highest BCUT2D eigenvalue weighted by Crippen LogP contribution is 2.44. The van der Waals surface area contributed by atoms with Crippen molar-refractivity contribution in [3.63, 3.8) is 0 Å². The maximum Gasteiger partial charge on any atom is 0.263 e. The number of anilines is 2. The Kier molecular flexibility index (Phi) is 5.88. The van der Waals surface area contributed by atoms with Crippen LogP contribution >= 0.6 is 11.3 Å². The van der Waals surface area contributed by atoms with Crippen molar-refractivity contribution in [2.75, 3.05) is 30.8 Å². The highest BCUT2D eigenvalue weighted by molar-refractivity contribution is 7.19. The zero-order valence-corrected chi connectivity index (χ0v) is 13.3. The van der Waals surface area contributed by atoms with Gasteiger partial charge in [-0.1, -0.05) is 6.08 Å². The van der Waals surface area contributed by atoms with Gasteiger partial charge in [-0.2, -0.15) is 0 Å². The quantitative estimate of drug-likeness (QED) is 0.759. The molecule has 0 unspecified atom stereocenters. The molecular weight excluding hydrogens is 274 g/mol. The molecule has 1 aromatic heterocycles. The lowest BCUT2D eigenvalue weighted by Crippen LogP contribution is -2.23. The van der Waals surface area contributed by atoms with Crippen LogP contribution in [0.15, 0.2) is 12.7 Å². The van der Waals surface area contributed by atoms with Crippen LogP contribution in [0.1, 0.15) is 30.4 Å². The molecular formula is C14H23N3O2S. The van der Waals surface area contributed by atoms with Crippen LogP contribution in [0, 0.1) is 0 Å². The zero-order chi connectivity index (χ0) is 15.3. The molecule has 0 aliphatic rings. The van der Waals surface area contributed by atoms with Gasteiger partial charge in [0.2, 0.25) is 0 Å². The minimum Gasteiger partial charge on any atom is -0.486 e. The number of hydrogen-bond acceptors (Lipinski definition) is 5. The van der Waals surface area contributed by atoms with Crippen LogP contribution in [-0.2, 0) is 0 Å². The molecule has 0 spiro atoms. The van der Waals surface area contributed by atoms with Crippen LogP contribution in [-0.4, -0.2) is 32.1 Å². The first kappa shape index (κ1) is 16.4. The molecule has 1 amide bonds. The van der Waals surface area contributed by atoms with E-state index in [1.54, 1.807) is 6.08 Å². The predicted molar refractivity (Wildman–Crippen MR) is 86.0 cm³/mol. The summed E-state index contributed by atoms with van der Waals surface area (Å²) in [6, 6.07) is 0. The standard InChI is InChI=1S/C14H23N3O2S/c1-6-8-16-13(18)12-10(15)11(19-9(3)4)14(20-12)17(5)7-2/h6,9H,1,7-8,15H2,2-5H3,(H,16,18). The van der Waals surface area contributed by atoms with Gasteiger partial charge in [0, 0.05) is 20.1 Å². The number of carbonyl (C=O) groups is 1. The summed E-state index contributed by atoms with van der Waals surface area (Å²) in [6.45, 7) is 10.7. The number of thiophene rings is 1. The highest BCUT2D eigenvalue weighted by atomic mass is 32.1. The molecule has 112 valence electrons. The molecule has 0 radical (unpaired) electrons. The first-order valence-electron chi connectivity index (χ1n) is 6.61. The average molecular weight is 297 g/mol. The molecule has 1 heterocycles. The van der Waals surface area contributed by atoms with Crippen molar-refractivity contribution in [1.29, 1.82) is 0 Å². The molecule has 3 N–H and O–H groups in total. The Morgan fingerprint density at radius 2 is 2.25 bits per heavy atom. The number of nitrogen functional groups attached to an aromatic ring is 1. The summed E-state index contributed by atoms with van der Waals surface area (Å²) in [7, 11) is 1.95. The lowest BCUT2D eigenvalue weighted by molar-refractivity contribution is 0.0962. The van der Waals surface area contributed by atoms with E-state index in [1.165, 1.54) is 11.3 Å². The van der Waals surface area contributed by atoms with Gasteiger partial charge in [-0.3, -0.25) is 4.79 Å². The molecule has 0 atom stereocenters. The third-order valence-electron chi connectivity index (χ3n) is 2.67. The number of nitrogens with two attached hydrogens (primary N) is 1. The van der Waals surface area contributed by atoms with Crippen molar-refractivity contribution < 1.29 is 9.53 Å². The van der Waals surface area contributed by atoms with E-state index in [0.717, 1.165) is 11.5 Å². The molecule has 0 aliphatic heterocycles. The molecule has 6 heteroatoms. The van der Waals surface area contributed by atoms with E-state index in [0.29, 0.717) is 22.9 Å². The Hall–Kier alpha value is -1.69. The van der Waals surface area contributed by atoms with Crippen molar-refractivity contribution >= 4 is 27.9 Å². The summed E-state index contributed by atoms with van der Waals surface area (Å²) in [5.74, 6) is 0.398. The van der Waals surface area contributed by atoms with Gasteiger partial charge in [-0.05, 0) is 20.8 Å². The Balaban J connectivity index is 3.17. The van der Waals surface area contributed by atoms with E-state index < -0.39 is 0 Å². The van der Waals surface area contributed by atoms with E-state index >= 15 is 0 Å². The first-order valence-corrected chi connectivity index (χ1v) is 7.43. The maximum absolute atomic E-state index is 12.1. The summed E-state index contributed by atoms with van der Waals surface area (Å²) < 4.78 is 5.78. The van der Waals surface area contributed by atoms with Crippen LogP contribution in [0.3, 0.4) is 0 Å². The number of hydrogen-bond donors (Lipinski definition) is 2. The normalized spacial score (nSPS) is 10.4. The van der Waals surface area contributed by atoms with Gasteiger partial charge in [-0.25, -0.2) is 0 Å². The van der Waals surface area contributed by atoms with Crippen molar-refractivity contribution in [2.45, 2.75) is 26.9 Å². The number of carbonyl (C=O) groups excluding carboxylic acids is 1. The minimum absolute atomic E-state index is 0.00000695. The smallest absolute Gasteiger partial charge is 0.263 e. The van der Waals surface area contributed by atoms with Crippen molar-refractivity contribution in [2.24, 2.45) is 0 Å². The van der Waals surface area contributed by atoms with Crippen LogP contribution in [0.25, 0.3) is 0 Å². The fourth-order valence-corrected chi connectivity index (χ4v) is 2.67. The van der Waals surface area contributed by atoms with E-state index in [4.69, 9.17) is 10.5 Å². The first-order chi connectivity index (χ1) is 9.42. The molecule has 0 saturated heterocycles. The molecule has 1 aromatic rings. The van der Waals surface area contributed by atoms with Crippen molar-refractivity contribution in [3.8, 4) is 5.75 Å². The van der Waals surface area contributed by atoms with E-state index in [-0.39, 0.29) is 12.0 Å². The van der Waals surface area contributed by atoms with E-state index in [2.05, 4.69) is 11.9 Å². The average Bonchev–Trinajstić information content (AvgIpc) is 2.72. The Morgan fingerprint density at radius 1 is 1.60 bits per heavy atom. The van der Waals surface area contributed by atoms with Gasteiger partial charge in [0.1, 0.15) is 15.6 Å². The second-order valence-electron chi connectivity index (χ2n) is 4.66. The molecule has 20 heavy (non-hydrogen) atoms. The molecule has 5 nitrogen and oxygen atoms in total. The molecule has 0 aromatic carbocycles. The topological polar surface area (TPSA) is 67.6 Å². The van der Waals surface area contributed by atoms with Crippen LogP contribution < -0.4 is 20.7 Å². The van der Waals surface area contributed by atoms with E-state index in [1.807, 2.05) is 32.7 Å². The SMILES string of the molecule is C=CCNC(=O)c1sc(N(C)CC)c(OC(C)C)c1N. The predicted octanol–water partition coefficient (Wildman–Crippen LogP) is 2.49. The van der Waals surface area contributed by atoms with E-state index in [9.17, 15) is 4.79 Å². The number of nitrogens with one attached hydrogen (secondary N) is 1. The second-order valence-corrected chi connectivity index (χ2v) is 5.66. The minimum atomic E-state index is -0.197. The third kappa shape index (κ3) is 3.66. The Bertz CT molecular complexity index is 483. The van der Waals surface area contributed by atoms with Gasteiger partial charge < -0.3 is 20.7 Å². The van der Waals surface area contributed by atoms with Gasteiger partial charge >= 0.3 is 0 Å². The molecule has 0 bridgehead atoms. The summed E-state index contributed by atoms with van der Waals surface area (Å²) in [5, 5.41) is 3.62. The second kappa shape index (κ2) is 7.19. The fourth-order valence-electron chi connectivity index (χ4n) is 1.57. The summed E-state index contributed by atoms with van der Waals surface area (Å²) in [5.41, 5.74) is 6.49. The van der Waals surface area contributed by atoms with Crippen LogP contribution in [0.2, 0.25) is 0 Å².